The molecule has 5 N–H and O–H groups in total. The summed E-state index contributed by atoms with van der Waals surface area (Å²) in [6.07, 6.45) is -5.78. The van der Waals surface area contributed by atoms with Crippen LogP contribution in [0.2, 0.25) is 0 Å². The Morgan fingerprint density at radius 1 is 0.944 bits per heavy atom. The molecular formula is C20H25F3N4O9. The fourth-order valence-corrected chi connectivity index (χ4v) is 3.78. The minimum atomic E-state index is -4.92. The van der Waals surface area contributed by atoms with E-state index in [9.17, 15) is 37.5 Å². The van der Waals surface area contributed by atoms with Gasteiger partial charge in [-0.1, -0.05) is 0 Å². The highest BCUT2D eigenvalue weighted by Crippen LogP contribution is 2.30. The molecule has 0 spiro atoms. The third-order valence-electron chi connectivity index (χ3n) is 5.71. The first-order chi connectivity index (χ1) is 16.8. The highest BCUT2D eigenvalue weighted by molar-refractivity contribution is 5.09. The van der Waals surface area contributed by atoms with E-state index >= 15 is 0 Å². The summed E-state index contributed by atoms with van der Waals surface area (Å²) in [4.78, 5) is 49.1. The molecule has 13 nitrogen and oxygen atoms in total. The van der Waals surface area contributed by atoms with Gasteiger partial charge in [-0.3, -0.25) is 28.7 Å². The van der Waals surface area contributed by atoms with Crippen molar-refractivity contribution in [3.8, 4) is 0 Å². The summed E-state index contributed by atoms with van der Waals surface area (Å²) >= 11 is 0. The van der Waals surface area contributed by atoms with Crippen molar-refractivity contribution in [2.24, 2.45) is 0 Å². The summed E-state index contributed by atoms with van der Waals surface area (Å²) in [7, 11) is 0. The van der Waals surface area contributed by atoms with Crippen LogP contribution in [0.25, 0.3) is 0 Å². The fourth-order valence-electron chi connectivity index (χ4n) is 3.78. The number of nitrogens with zero attached hydrogens (tertiary/aromatic N) is 2. The molecule has 0 amide bonds. The normalized spacial score (nSPS) is 26.0. The first-order valence-electron chi connectivity index (χ1n) is 10.8. The Labute approximate surface area is 199 Å². The van der Waals surface area contributed by atoms with Gasteiger partial charge in [-0.25, -0.2) is 9.59 Å². The molecule has 0 aliphatic carbocycles. The molecule has 2 aliphatic rings. The van der Waals surface area contributed by atoms with Crippen LogP contribution < -0.4 is 22.5 Å². The lowest BCUT2D eigenvalue weighted by molar-refractivity contribution is -0.139. The molecule has 4 heterocycles. The molecule has 2 aromatic heterocycles. The third kappa shape index (κ3) is 6.01. The second-order valence-corrected chi connectivity index (χ2v) is 8.27. The molecule has 5 atom stereocenters. The average Bonchev–Trinajstić information content (AvgIpc) is 3.42. The van der Waals surface area contributed by atoms with E-state index in [1.807, 2.05) is 0 Å². The zero-order valence-corrected chi connectivity index (χ0v) is 18.9. The van der Waals surface area contributed by atoms with Gasteiger partial charge in [0.1, 0.15) is 24.1 Å². The summed E-state index contributed by atoms with van der Waals surface area (Å²) < 4.78 is 50.3. The number of hydrogen-bond acceptors (Lipinski definition) is 9. The Bertz CT molecular complexity index is 1300. The molecule has 2 aliphatic heterocycles. The van der Waals surface area contributed by atoms with Crippen LogP contribution >= 0.6 is 0 Å². The number of aryl methyl sites for hydroxylation is 1. The average molecular weight is 522 g/mol. The highest BCUT2D eigenvalue weighted by atomic mass is 19.4. The SMILES string of the molecule is Cc1cn([C@H]2CC[C@@H](CO)O2)c(=O)[nH]c1=O.O=c1[nH]c(=O)n([C@H]2C[C@H](O)[C@@H](CO)O2)cc1C(F)(F)F. The summed E-state index contributed by atoms with van der Waals surface area (Å²) in [5.74, 6) is 0. The van der Waals surface area contributed by atoms with E-state index in [2.05, 4.69) is 4.98 Å². The Balaban J connectivity index is 0.000000205. The minimum absolute atomic E-state index is 0.0480. The van der Waals surface area contributed by atoms with Crippen LogP contribution in [0.15, 0.2) is 31.6 Å². The lowest BCUT2D eigenvalue weighted by atomic mass is 10.2. The van der Waals surface area contributed by atoms with Crippen LogP contribution in [-0.2, 0) is 15.7 Å². The number of nitrogens with one attached hydrogen (secondary N) is 2. The molecule has 0 unspecified atom stereocenters. The van der Waals surface area contributed by atoms with Crippen molar-refractivity contribution in [3.05, 3.63) is 65.2 Å². The summed E-state index contributed by atoms with van der Waals surface area (Å²) in [5.41, 5.74) is -4.55. The third-order valence-corrected chi connectivity index (χ3v) is 5.71. The van der Waals surface area contributed by atoms with E-state index in [4.69, 9.17) is 19.7 Å². The minimum Gasteiger partial charge on any atom is -0.394 e. The van der Waals surface area contributed by atoms with E-state index in [1.165, 1.54) is 10.8 Å². The molecular weight excluding hydrogens is 497 g/mol. The Hall–Kier alpha value is -3.05. The number of aliphatic hydroxyl groups is 3. The van der Waals surface area contributed by atoms with Gasteiger partial charge in [-0.15, -0.1) is 0 Å². The molecule has 2 saturated heterocycles. The predicted molar refractivity (Wildman–Crippen MR) is 114 cm³/mol. The summed E-state index contributed by atoms with van der Waals surface area (Å²) in [6, 6.07) is 0. The first-order valence-corrected chi connectivity index (χ1v) is 10.8. The van der Waals surface area contributed by atoms with Gasteiger partial charge in [-0.2, -0.15) is 13.2 Å². The van der Waals surface area contributed by atoms with Crippen molar-refractivity contribution in [3.63, 3.8) is 0 Å². The van der Waals surface area contributed by atoms with Crippen LogP contribution in [-0.4, -0.2) is 65.9 Å². The molecule has 200 valence electrons. The van der Waals surface area contributed by atoms with Gasteiger partial charge in [0.05, 0.1) is 25.4 Å². The first kappa shape index (κ1) is 27.5. The summed E-state index contributed by atoms with van der Waals surface area (Å²) in [6.45, 7) is 1.04. The quantitative estimate of drug-likeness (QED) is 0.325. The van der Waals surface area contributed by atoms with Gasteiger partial charge in [0.15, 0.2) is 0 Å². The number of rotatable bonds is 4. The monoisotopic (exact) mass is 522 g/mol. The Kier molecular flexibility index (Phi) is 8.35. The van der Waals surface area contributed by atoms with Gasteiger partial charge >= 0.3 is 17.6 Å². The number of aromatic nitrogens is 4. The van der Waals surface area contributed by atoms with Crippen molar-refractivity contribution in [1.29, 1.82) is 0 Å². The van der Waals surface area contributed by atoms with E-state index < -0.39 is 53.7 Å². The van der Waals surface area contributed by atoms with Crippen molar-refractivity contribution >= 4 is 0 Å². The van der Waals surface area contributed by atoms with Gasteiger partial charge in [0.25, 0.3) is 11.1 Å². The number of ether oxygens (including phenoxy) is 2. The zero-order chi connectivity index (χ0) is 26.8. The Morgan fingerprint density at radius 3 is 2.08 bits per heavy atom. The van der Waals surface area contributed by atoms with Crippen LogP contribution in [0.3, 0.4) is 0 Å². The lowest BCUT2D eigenvalue weighted by Gasteiger charge is -2.16. The van der Waals surface area contributed by atoms with Crippen LogP contribution in [0.5, 0.6) is 0 Å². The van der Waals surface area contributed by atoms with Crippen LogP contribution in [0, 0.1) is 6.92 Å². The molecule has 0 saturated carbocycles. The molecule has 0 bridgehead atoms. The van der Waals surface area contributed by atoms with Crippen molar-refractivity contribution < 1.29 is 38.0 Å². The van der Waals surface area contributed by atoms with Gasteiger partial charge in [0.2, 0.25) is 0 Å². The number of aliphatic hydroxyl groups excluding tert-OH is 3. The van der Waals surface area contributed by atoms with E-state index in [0.29, 0.717) is 29.2 Å². The van der Waals surface area contributed by atoms with Gasteiger partial charge in [0, 0.05) is 24.4 Å². The zero-order valence-electron chi connectivity index (χ0n) is 18.9. The molecule has 4 rings (SSSR count). The standard InChI is InChI=1S/C10H11F3N2O5.C10H14N2O4/c11-10(12,13)4-2-15(9(19)14-8(4)18)7-1-5(17)6(3-16)20-7;1-6-4-12(10(15)11-9(6)14)8-3-2-7(5-13)16-8/h2,5-7,16-17H,1,3H2,(H,14,18,19);4,7-8,13H,2-3,5H2,1H3,(H,11,14,15)/t5-,6+,7+;7-,8+/m00/s1. The fraction of sp³-hybridized carbons (Fsp3) is 0.600. The molecule has 0 radical (unpaired) electrons. The van der Waals surface area contributed by atoms with Crippen LogP contribution in [0.4, 0.5) is 13.2 Å². The van der Waals surface area contributed by atoms with E-state index in [-0.39, 0.29) is 30.9 Å². The van der Waals surface area contributed by atoms with Crippen molar-refractivity contribution in [2.75, 3.05) is 13.2 Å². The molecule has 36 heavy (non-hydrogen) atoms. The molecule has 0 aromatic carbocycles. The number of alkyl halides is 3. The highest BCUT2D eigenvalue weighted by Gasteiger charge is 2.38. The van der Waals surface area contributed by atoms with Crippen molar-refractivity contribution in [1.82, 2.24) is 19.1 Å². The van der Waals surface area contributed by atoms with E-state index in [0.717, 1.165) is 0 Å². The maximum atomic E-state index is 12.6. The topological polar surface area (TPSA) is 189 Å². The lowest BCUT2D eigenvalue weighted by Crippen LogP contribution is -2.36. The smallest absolute Gasteiger partial charge is 0.394 e. The second-order valence-electron chi connectivity index (χ2n) is 8.27. The van der Waals surface area contributed by atoms with E-state index in [1.54, 1.807) is 11.9 Å². The number of hydrogen-bond donors (Lipinski definition) is 5. The van der Waals surface area contributed by atoms with Crippen LogP contribution in [0.1, 0.15) is 42.8 Å². The van der Waals surface area contributed by atoms with Gasteiger partial charge < -0.3 is 24.8 Å². The molecule has 2 aromatic rings. The maximum Gasteiger partial charge on any atom is 0.423 e. The number of H-pyrrole nitrogens is 2. The largest absolute Gasteiger partial charge is 0.423 e. The summed E-state index contributed by atoms with van der Waals surface area (Å²) in [5, 5.41) is 27.3. The number of halogens is 3. The maximum absolute atomic E-state index is 12.6. The number of aromatic amines is 2. The molecule has 16 heteroatoms. The predicted octanol–water partition coefficient (Wildman–Crippen LogP) is -1.29. The van der Waals surface area contributed by atoms with Gasteiger partial charge in [-0.05, 0) is 19.8 Å². The molecule has 2 fully saturated rings. The second kappa shape index (κ2) is 10.9. The Morgan fingerprint density at radius 2 is 1.56 bits per heavy atom. The van der Waals surface area contributed by atoms with Crippen molar-refractivity contribution in [2.45, 2.75) is 63.1 Å².